The summed E-state index contributed by atoms with van der Waals surface area (Å²) in [6.45, 7) is 11.2. The third kappa shape index (κ3) is 6.42. The minimum atomic E-state index is -3.39. The lowest BCUT2D eigenvalue weighted by atomic mass is 9.92. The van der Waals surface area contributed by atoms with Crippen LogP contribution in [0.1, 0.15) is 32.4 Å². The van der Waals surface area contributed by atoms with Gasteiger partial charge in [0.2, 0.25) is 10.0 Å². The highest BCUT2D eigenvalue weighted by atomic mass is 32.2. The van der Waals surface area contributed by atoms with Crippen LogP contribution in [0, 0.1) is 11.8 Å². The van der Waals surface area contributed by atoms with E-state index < -0.39 is 10.0 Å². The predicted molar refractivity (Wildman–Crippen MR) is 118 cm³/mol. The van der Waals surface area contributed by atoms with Gasteiger partial charge >= 0.3 is 0 Å². The SMILES string of the molecule is CN=C(NCCCN1CC(C)CC(C)C1)N1CCN(S(=O)(=O)Cc2ccon2)CC1. The number of aromatic nitrogens is 1. The van der Waals surface area contributed by atoms with Gasteiger partial charge < -0.3 is 19.6 Å². The van der Waals surface area contributed by atoms with Crippen LogP contribution >= 0.6 is 0 Å². The topological polar surface area (TPSA) is 94.3 Å². The predicted octanol–water partition coefficient (Wildman–Crippen LogP) is 1.07. The van der Waals surface area contributed by atoms with E-state index in [4.69, 9.17) is 4.52 Å². The molecule has 170 valence electrons. The Balaban J connectivity index is 1.39. The van der Waals surface area contributed by atoms with Crippen molar-refractivity contribution in [2.24, 2.45) is 16.8 Å². The molecule has 0 spiro atoms. The molecule has 2 aliphatic rings. The van der Waals surface area contributed by atoms with Crippen molar-refractivity contribution in [3.8, 4) is 0 Å². The van der Waals surface area contributed by atoms with Crippen LogP contribution in [0.25, 0.3) is 0 Å². The molecular formula is C20H36N6O3S. The highest BCUT2D eigenvalue weighted by Crippen LogP contribution is 2.20. The number of piperidine rings is 1. The number of rotatable bonds is 7. The lowest BCUT2D eigenvalue weighted by Crippen LogP contribution is -2.54. The summed E-state index contributed by atoms with van der Waals surface area (Å²) in [5, 5.41) is 7.16. The van der Waals surface area contributed by atoms with Gasteiger partial charge in [0.05, 0.1) is 5.69 Å². The summed E-state index contributed by atoms with van der Waals surface area (Å²) in [6.07, 6.45) is 3.80. The molecule has 2 fully saturated rings. The standard InChI is InChI=1S/C20H36N6O3S/c1-17-13-18(2)15-24(14-17)7-4-6-22-20(21-3)25-8-10-26(11-9-25)30(27,28)16-19-5-12-29-23-19/h5,12,17-18H,4,6-11,13-16H2,1-3H3,(H,21,22). The van der Waals surface area contributed by atoms with Gasteiger partial charge in [0, 0.05) is 58.9 Å². The Morgan fingerprint density at radius 2 is 1.93 bits per heavy atom. The van der Waals surface area contributed by atoms with Crippen LogP contribution in [0.3, 0.4) is 0 Å². The molecule has 1 aromatic rings. The smallest absolute Gasteiger partial charge is 0.220 e. The van der Waals surface area contributed by atoms with Gasteiger partial charge in [-0.2, -0.15) is 4.31 Å². The quantitative estimate of drug-likeness (QED) is 0.385. The van der Waals surface area contributed by atoms with E-state index in [1.807, 2.05) is 0 Å². The largest absolute Gasteiger partial charge is 0.364 e. The zero-order valence-electron chi connectivity index (χ0n) is 18.5. The maximum absolute atomic E-state index is 12.6. The summed E-state index contributed by atoms with van der Waals surface area (Å²) >= 11 is 0. The van der Waals surface area contributed by atoms with Crippen LogP contribution in [0.15, 0.2) is 21.8 Å². The van der Waals surface area contributed by atoms with E-state index in [1.54, 1.807) is 13.1 Å². The second-order valence-corrected chi connectivity index (χ2v) is 10.6. The van der Waals surface area contributed by atoms with Crippen molar-refractivity contribution >= 4 is 16.0 Å². The number of hydrogen-bond acceptors (Lipinski definition) is 6. The fourth-order valence-corrected chi connectivity index (χ4v) is 6.00. The molecule has 2 aliphatic heterocycles. The first-order chi connectivity index (χ1) is 14.4. The second-order valence-electron chi connectivity index (χ2n) is 8.67. The average molecular weight is 441 g/mol. The molecule has 0 bridgehead atoms. The molecule has 0 aliphatic carbocycles. The van der Waals surface area contributed by atoms with E-state index >= 15 is 0 Å². The van der Waals surface area contributed by atoms with Gasteiger partial charge in [-0.15, -0.1) is 0 Å². The third-order valence-electron chi connectivity index (χ3n) is 5.84. The van der Waals surface area contributed by atoms with Gasteiger partial charge in [-0.3, -0.25) is 4.99 Å². The molecule has 0 amide bonds. The van der Waals surface area contributed by atoms with E-state index in [9.17, 15) is 8.42 Å². The number of nitrogens with zero attached hydrogens (tertiary/aromatic N) is 5. The van der Waals surface area contributed by atoms with Crippen LogP contribution in [-0.4, -0.2) is 93.0 Å². The molecule has 0 aromatic carbocycles. The van der Waals surface area contributed by atoms with E-state index in [1.165, 1.54) is 30.1 Å². The highest BCUT2D eigenvalue weighted by molar-refractivity contribution is 7.88. The normalized spacial score (nSPS) is 24.9. The second kappa shape index (κ2) is 10.6. The molecule has 10 heteroatoms. The van der Waals surface area contributed by atoms with Gasteiger partial charge in [-0.1, -0.05) is 19.0 Å². The molecule has 9 nitrogen and oxygen atoms in total. The van der Waals surface area contributed by atoms with Crippen molar-refractivity contribution in [3.63, 3.8) is 0 Å². The van der Waals surface area contributed by atoms with Gasteiger partial charge in [0.15, 0.2) is 5.96 Å². The van der Waals surface area contributed by atoms with E-state index in [-0.39, 0.29) is 5.75 Å². The summed E-state index contributed by atoms with van der Waals surface area (Å²) < 4.78 is 31.4. The Hall–Kier alpha value is -1.65. The summed E-state index contributed by atoms with van der Waals surface area (Å²) in [7, 11) is -1.60. The number of piperazine rings is 1. The first-order valence-corrected chi connectivity index (χ1v) is 12.5. The highest BCUT2D eigenvalue weighted by Gasteiger charge is 2.29. The van der Waals surface area contributed by atoms with Crippen molar-refractivity contribution < 1.29 is 12.9 Å². The summed E-state index contributed by atoms with van der Waals surface area (Å²) in [5.41, 5.74) is 0.437. The van der Waals surface area contributed by atoms with Crippen molar-refractivity contribution in [2.75, 3.05) is 59.4 Å². The molecule has 2 saturated heterocycles. The molecule has 3 heterocycles. The Morgan fingerprint density at radius 1 is 1.23 bits per heavy atom. The number of sulfonamides is 1. The first-order valence-electron chi connectivity index (χ1n) is 10.9. The van der Waals surface area contributed by atoms with Crippen LogP contribution in [0.4, 0.5) is 0 Å². The van der Waals surface area contributed by atoms with Crippen molar-refractivity contribution in [3.05, 3.63) is 18.0 Å². The zero-order valence-corrected chi connectivity index (χ0v) is 19.3. The van der Waals surface area contributed by atoms with Crippen LogP contribution in [-0.2, 0) is 15.8 Å². The Morgan fingerprint density at radius 3 is 2.53 bits per heavy atom. The summed E-state index contributed by atoms with van der Waals surface area (Å²) in [6, 6.07) is 1.59. The molecular weight excluding hydrogens is 404 g/mol. The number of nitrogens with one attached hydrogen (secondary N) is 1. The van der Waals surface area contributed by atoms with E-state index in [0.29, 0.717) is 31.9 Å². The summed E-state index contributed by atoms with van der Waals surface area (Å²) in [4.78, 5) is 9.10. The Kier molecular flexibility index (Phi) is 8.13. The molecule has 2 unspecified atom stereocenters. The maximum Gasteiger partial charge on any atom is 0.220 e. The Bertz CT molecular complexity index is 764. The fraction of sp³-hybridized carbons (Fsp3) is 0.800. The van der Waals surface area contributed by atoms with Crippen LogP contribution in [0.2, 0.25) is 0 Å². The lowest BCUT2D eigenvalue weighted by molar-refractivity contribution is 0.140. The van der Waals surface area contributed by atoms with Crippen LogP contribution < -0.4 is 5.32 Å². The van der Waals surface area contributed by atoms with Gasteiger partial charge in [-0.25, -0.2) is 8.42 Å². The minimum absolute atomic E-state index is 0.121. The molecule has 30 heavy (non-hydrogen) atoms. The molecule has 1 aromatic heterocycles. The van der Waals surface area contributed by atoms with Crippen LogP contribution in [0.5, 0.6) is 0 Å². The van der Waals surface area contributed by atoms with Crippen molar-refractivity contribution in [1.82, 2.24) is 24.6 Å². The molecule has 0 saturated carbocycles. The van der Waals surface area contributed by atoms with Crippen molar-refractivity contribution in [2.45, 2.75) is 32.4 Å². The summed E-state index contributed by atoms with van der Waals surface area (Å²) in [5.74, 6) is 2.30. The average Bonchev–Trinajstić information content (AvgIpc) is 3.20. The first kappa shape index (κ1) is 23.0. The van der Waals surface area contributed by atoms with Gasteiger partial charge in [0.25, 0.3) is 0 Å². The zero-order chi connectivity index (χ0) is 21.6. The molecule has 2 atom stereocenters. The lowest BCUT2D eigenvalue weighted by Gasteiger charge is -2.36. The van der Waals surface area contributed by atoms with Gasteiger partial charge in [-0.05, 0) is 31.2 Å². The van der Waals surface area contributed by atoms with E-state index in [0.717, 1.165) is 37.3 Å². The van der Waals surface area contributed by atoms with Crippen molar-refractivity contribution in [1.29, 1.82) is 0 Å². The number of hydrogen-bond donors (Lipinski definition) is 1. The third-order valence-corrected chi connectivity index (χ3v) is 7.66. The minimum Gasteiger partial charge on any atom is -0.364 e. The Labute approximate surface area is 180 Å². The van der Waals surface area contributed by atoms with E-state index in [2.05, 4.69) is 39.1 Å². The number of guanidine groups is 1. The maximum atomic E-state index is 12.6. The molecule has 0 radical (unpaired) electrons. The number of aliphatic imine (C=N–C) groups is 1. The monoisotopic (exact) mass is 440 g/mol. The fourth-order valence-electron chi connectivity index (χ4n) is 4.58. The molecule has 1 N–H and O–H groups in total. The molecule has 3 rings (SSSR count). The number of likely N-dealkylation sites (tertiary alicyclic amines) is 1. The van der Waals surface area contributed by atoms with Gasteiger partial charge in [0.1, 0.15) is 12.0 Å².